The van der Waals surface area contributed by atoms with Gasteiger partial charge in [0.1, 0.15) is 34.4 Å². The molecule has 6 aromatic heterocycles. The smallest absolute Gasteiger partial charge is 0.462 e. The van der Waals surface area contributed by atoms with Crippen LogP contribution in [-0.4, -0.2) is 120 Å². The second-order valence-electron chi connectivity index (χ2n) is 16.7. The van der Waals surface area contributed by atoms with E-state index in [0.29, 0.717) is 67.7 Å². The molecule has 0 saturated carbocycles. The van der Waals surface area contributed by atoms with Crippen LogP contribution >= 0.6 is 0 Å². The molecule has 0 radical (unpaired) electrons. The predicted molar refractivity (Wildman–Crippen MR) is 262 cm³/mol. The molecule has 2 aliphatic rings. The van der Waals surface area contributed by atoms with E-state index in [9.17, 15) is 74.8 Å². The molecule has 23 nitrogen and oxygen atoms in total. The Morgan fingerprint density at radius 3 is 1.67 bits per heavy atom. The number of anilines is 3. The summed E-state index contributed by atoms with van der Waals surface area (Å²) in [6, 6.07) is 10.1. The highest BCUT2D eigenvalue weighted by Gasteiger charge is 2.53. The summed E-state index contributed by atoms with van der Waals surface area (Å²) < 4.78 is 188. The van der Waals surface area contributed by atoms with Gasteiger partial charge in [0.25, 0.3) is 5.56 Å². The van der Waals surface area contributed by atoms with E-state index in [2.05, 4.69) is 34.3 Å². The molecule has 34 heteroatoms. The van der Waals surface area contributed by atoms with Crippen molar-refractivity contribution in [2.75, 3.05) is 46.1 Å². The van der Waals surface area contributed by atoms with E-state index >= 15 is 0 Å². The predicted octanol–water partition coefficient (Wildman–Crippen LogP) is 6.39. The average Bonchev–Trinajstić information content (AvgIpc) is 4.28. The first-order chi connectivity index (χ1) is 37.1. The summed E-state index contributed by atoms with van der Waals surface area (Å²) >= 11 is 0. The summed E-state index contributed by atoms with van der Waals surface area (Å²) in [7, 11) is -16.7. The van der Waals surface area contributed by atoms with Crippen LogP contribution in [-0.2, 0) is 39.6 Å². The molecular formula is C45H43F8N11O12S3. The van der Waals surface area contributed by atoms with E-state index in [4.69, 9.17) is 9.47 Å². The Morgan fingerprint density at radius 1 is 0.709 bits per heavy atom. The van der Waals surface area contributed by atoms with Gasteiger partial charge < -0.3 is 28.4 Å². The maximum Gasteiger partial charge on any atom is 0.534 e. The molecule has 1 aromatic carbocycles. The molecule has 0 spiro atoms. The molecule has 9 rings (SSSR count). The van der Waals surface area contributed by atoms with Gasteiger partial charge in [0.2, 0.25) is 15.9 Å². The van der Waals surface area contributed by atoms with Crippen molar-refractivity contribution in [3.8, 4) is 5.88 Å². The molecule has 424 valence electrons. The summed E-state index contributed by atoms with van der Waals surface area (Å²) in [6.07, 6.45) is 10.3. The molecule has 1 N–H and O–H groups in total. The number of benzene rings is 1. The van der Waals surface area contributed by atoms with Crippen molar-refractivity contribution < 1.29 is 83.6 Å². The van der Waals surface area contributed by atoms with E-state index < -0.39 is 86.1 Å². The number of rotatable bonds is 13. The minimum Gasteiger partial charge on any atom is -0.462 e. The molecular weight excluding hydrogens is 1130 g/mol. The fourth-order valence-electron chi connectivity index (χ4n) is 8.25. The van der Waals surface area contributed by atoms with Crippen LogP contribution in [0.1, 0.15) is 83.5 Å². The van der Waals surface area contributed by atoms with Crippen LogP contribution in [0.4, 0.5) is 52.4 Å². The molecule has 0 amide bonds. The van der Waals surface area contributed by atoms with Crippen LogP contribution in [0.5, 0.6) is 5.88 Å². The fraction of sp³-hybridized carbons (Fsp3) is 0.333. The number of pyridine rings is 2. The van der Waals surface area contributed by atoms with Gasteiger partial charge in [-0.3, -0.25) is 4.79 Å². The number of sulfonamides is 2. The molecule has 0 aliphatic carbocycles. The van der Waals surface area contributed by atoms with Crippen molar-refractivity contribution in [1.29, 1.82) is 0 Å². The zero-order chi connectivity index (χ0) is 57.8. The first-order valence-corrected chi connectivity index (χ1v) is 27.7. The number of carbonyl (C=O) groups is 2. The summed E-state index contributed by atoms with van der Waals surface area (Å²) in [4.78, 5) is 54.9. The van der Waals surface area contributed by atoms with Gasteiger partial charge in [0, 0.05) is 42.8 Å². The number of halogens is 8. The Kier molecular flexibility index (Phi) is 17.2. The number of fused-ring (bicyclic) bond motifs is 2. The number of H-pyrrole nitrogens is 1. The molecule has 79 heavy (non-hydrogen) atoms. The largest absolute Gasteiger partial charge is 0.534 e. The third-order valence-corrected chi connectivity index (χ3v) is 15.9. The topological polar surface area (TPSA) is 280 Å². The average molecular weight is 1180 g/mol. The van der Waals surface area contributed by atoms with E-state index in [0.717, 1.165) is 30.8 Å². The molecule has 7 aromatic rings. The van der Waals surface area contributed by atoms with Crippen molar-refractivity contribution in [3.63, 3.8) is 0 Å². The number of aromatic nitrogens is 8. The lowest BCUT2D eigenvalue weighted by Crippen LogP contribution is -2.44. The van der Waals surface area contributed by atoms with E-state index in [-0.39, 0.29) is 47.2 Å². The number of para-hydroxylation sites is 1. The van der Waals surface area contributed by atoms with Crippen LogP contribution < -0.4 is 23.3 Å². The number of nitrogens with zero attached hydrogens (tertiary/aromatic N) is 10. The summed E-state index contributed by atoms with van der Waals surface area (Å²) in [5, 5.41) is 8.16. The highest BCUT2D eigenvalue weighted by Crippen LogP contribution is 2.41. The normalized spacial score (nSPS) is 16.0. The summed E-state index contributed by atoms with van der Waals surface area (Å²) in [6.45, 7) is 4.80. The van der Waals surface area contributed by atoms with Gasteiger partial charge in [-0.25, -0.2) is 50.8 Å². The Balaban J connectivity index is 0.000000180. The maximum absolute atomic E-state index is 14.0. The van der Waals surface area contributed by atoms with Gasteiger partial charge in [0.05, 0.1) is 55.8 Å². The third kappa shape index (κ3) is 12.8. The van der Waals surface area contributed by atoms with Crippen molar-refractivity contribution in [2.24, 2.45) is 0 Å². The lowest BCUT2D eigenvalue weighted by molar-refractivity contribution is -0.0502. The van der Waals surface area contributed by atoms with Gasteiger partial charge in [-0.2, -0.15) is 57.1 Å². The zero-order valence-corrected chi connectivity index (χ0v) is 43.5. The number of hydrogen-bond donors (Lipinski definition) is 1. The zero-order valence-electron chi connectivity index (χ0n) is 41.1. The van der Waals surface area contributed by atoms with Crippen molar-refractivity contribution in [3.05, 3.63) is 136 Å². The first-order valence-electron chi connectivity index (χ1n) is 23.0. The second-order valence-corrected chi connectivity index (χ2v) is 22.1. The Labute approximate surface area is 442 Å². The number of aromatic amines is 1. The minimum atomic E-state index is -6.02. The van der Waals surface area contributed by atoms with Crippen LogP contribution in [0.2, 0.25) is 0 Å². The molecule has 8 heterocycles. The van der Waals surface area contributed by atoms with Crippen molar-refractivity contribution in [1.82, 2.24) is 39.2 Å². The molecule has 2 saturated heterocycles. The number of esters is 2. The van der Waals surface area contributed by atoms with E-state index in [1.165, 1.54) is 51.9 Å². The van der Waals surface area contributed by atoms with Gasteiger partial charge >= 0.3 is 43.1 Å². The second kappa shape index (κ2) is 23.1. The molecule has 2 atom stereocenters. The number of carbonyl (C=O) groups excluding carboxylic acids is 2. The fourth-order valence-corrected chi connectivity index (χ4v) is 11.5. The Morgan fingerprint density at radius 2 is 1.20 bits per heavy atom. The van der Waals surface area contributed by atoms with Gasteiger partial charge in [-0.1, -0.05) is 18.2 Å². The quantitative estimate of drug-likeness (QED) is 0.0567. The molecule has 2 aliphatic heterocycles. The lowest BCUT2D eigenvalue weighted by atomic mass is 10.1. The molecule has 0 bridgehead atoms. The number of alkyl halides is 6. The van der Waals surface area contributed by atoms with Crippen LogP contribution in [0.25, 0.3) is 11.3 Å². The Bertz CT molecular complexity index is 3790. The third-order valence-electron chi connectivity index (χ3n) is 11.5. The summed E-state index contributed by atoms with van der Waals surface area (Å²) in [5.74, 6) is -2.48. The standard InChI is InChI=1S/C19H17F4N5O5S.C18H18FN5O3.C8H8F3NO4S2/c1-2-32-18(29)13-10-25-28-7-5-15(26-16(13)28)27-6-3-4-14(27)12-8-11(20)9-24-17(12)33-34(30,31)19(21,22)23;1-2-27-18(26)13-10-21-24-7-5-15(22-16(13)24)23-6-3-4-14(23)12-8-11(19)9-20-17(12)25;1-17(13,14)12(7-5-3-2-4-6-7)18(15,16)8(9,10)11/h5,7-10,14H,2-4,6H2,1H3;5,7-10,14H,2-4,6H2,1H3,(H,20,25);2-6H,1H3/t2*14-;/m11./s1. The van der Waals surface area contributed by atoms with Crippen LogP contribution in [0.15, 0.2) is 96.6 Å². The van der Waals surface area contributed by atoms with Gasteiger partial charge in [-0.05, 0) is 75.9 Å². The van der Waals surface area contributed by atoms with Gasteiger partial charge in [0.15, 0.2) is 11.3 Å². The first kappa shape index (κ1) is 58.7. The van der Waals surface area contributed by atoms with Crippen LogP contribution in [0.3, 0.4) is 0 Å². The molecule has 0 unspecified atom stereocenters. The number of hydrogen-bond acceptors (Lipinski definition) is 19. The Hall–Kier alpha value is -8.01. The van der Waals surface area contributed by atoms with E-state index in [1.807, 2.05) is 4.90 Å². The van der Waals surface area contributed by atoms with Gasteiger partial charge in [-0.15, -0.1) is 0 Å². The number of nitrogens with one attached hydrogen (secondary N) is 1. The highest BCUT2D eigenvalue weighted by molar-refractivity contribution is 8.10. The highest BCUT2D eigenvalue weighted by atomic mass is 32.3. The monoisotopic (exact) mass is 1180 g/mol. The van der Waals surface area contributed by atoms with Crippen molar-refractivity contribution >= 4 is 70.7 Å². The lowest BCUT2D eigenvalue weighted by Gasteiger charge is -2.27. The van der Waals surface area contributed by atoms with Crippen LogP contribution in [0, 0.1) is 11.6 Å². The number of ether oxygens (including phenoxy) is 2. The molecule has 2 fully saturated rings. The van der Waals surface area contributed by atoms with E-state index in [1.54, 1.807) is 37.1 Å². The van der Waals surface area contributed by atoms with Crippen molar-refractivity contribution in [2.45, 2.75) is 62.6 Å². The minimum absolute atomic E-state index is 0.104. The SMILES string of the molecule is CCOC(=O)c1cnn2ccc(N3CCC[C@@H]3c3cc(F)c[nH]c3=O)nc12.CCOC(=O)c1cnn2ccc(N3CCC[C@@H]3c3cc(F)cnc3OS(=O)(=O)C(F)(F)F)nc12.CS(=O)(=O)N(c1ccccc1)S(=O)(=O)C(F)(F)F. The maximum atomic E-state index is 14.0. The summed E-state index contributed by atoms with van der Waals surface area (Å²) in [5.41, 5.74) is -11.2.